The van der Waals surface area contributed by atoms with Gasteiger partial charge in [-0.3, -0.25) is 4.99 Å². The Balaban J connectivity index is 2.38. The van der Waals surface area contributed by atoms with E-state index in [0.717, 1.165) is 18.5 Å². The fourth-order valence-electron chi connectivity index (χ4n) is 1.95. The van der Waals surface area contributed by atoms with Gasteiger partial charge in [0, 0.05) is 6.54 Å². The van der Waals surface area contributed by atoms with Gasteiger partial charge < -0.3 is 16.2 Å². The summed E-state index contributed by atoms with van der Waals surface area (Å²) in [6.45, 7) is 5.03. The van der Waals surface area contributed by atoms with Crippen molar-refractivity contribution in [3.63, 3.8) is 0 Å². The number of hydrogen-bond donors (Lipinski definition) is 3. The van der Waals surface area contributed by atoms with E-state index in [1.807, 2.05) is 30.3 Å². The molecule has 0 saturated carbocycles. The van der Waals surface area contributed by atoms with Crippen molar-refractivity contribution in [2.75, 3.05) is 13.1 Å². The van der Waals surface area contributed by atoms with Crippen molar-refractivity contribution in [1.82, 2.24) is 5.32 Å². The maximum atomic E-state index is 10.4. The zero-order chi connectivity index (χ0) is 14.8. The maximum Gasteiger partial charge on any atom is 0.188 e. The molecule has 0 bridgehead atoms. The Labute approximate surface area is 122 Å². The van der Waals surface area contributed by atoms with Crippen molar-refractivity contribution < 1.29 is 5.11 Å². The fourth-order valence-corrected chi connectivity index (χ4v) is 1.95. The van der Waals surface area contributed by atoms with Crippen molar-refractivity contribution in [3.8, 4) is 0 Å². The molecule has 4 N–H and O–H groups in total. The zero-order valence-corrected chi connectivity index (χ0v) is 12.6. The van der Waals surface area contributed by atoms with Crippen molar-refractivity contribution in [2.24, 2.45) is 10.7 Å². The van der Waals surface area contributed by atoms with E-state index in [9.17, 15) is 5.11 Å². The lowest BCUT2D eigenvalue weighted by Crippen LogP contribution is -2.35. The molecule has 0 heterocycles. The van der Waals surface area contributed by atoms with Crippen LogP contribution >= 0.6 is 0 Å². The molecule has 0 spiro atoms. The molecular formula is C16H27N3O. The summed E-state index contributed by atoms with van der Waals surface area (Å²) in [5.74, 6) is 0.401. The summed E-state index contributed by atoms with van der Waals surface area (Å²) in [5.41, 5.74) is 5.66. The van der Waals surface area contributed by atoms with E-state index in [4.69, 9.17) is 5.73 Å². The average Bonchev–Trinajstić information content (AvgIpc) is 2.46. The van der Waals surface area contributed by atoms with Crippen LogP contribution in [0.15, 0.2) is 35.3 Å². The highest BCUT2D eigenvalue weighted by Gasteiger charge is 2.22. The number of nitrogens with zero attached hydrogens (tertiary/aromatic N) is 1. The van der Waals surface area contributed by atoms with Gasteiger partial charge in [0.05, 0.1) is 6.54 Å². The van der Waals surface area contributed by atoms with Gasteiger partial charge in [-0.05, 0) is 18.9 Å². The Morgan fingerprint density at radius 1 is 1.25 bits per heavy atom. The lowest BCUT2D eigenvalue weighted by molar-refractivity contribution is 0.0673. The lowest BCUT2D eigenvalue weighted by Gasteiger charge is -2.21. The number of aliphatic hydroxyl groups is 1. The largest absolute Gasteiger partial charge is 0.384 e. The second-order valence-electron chi connectivity index (χ2n) is 5.33. The SMILES string of the molecule is CCCCCCNC(N)=NCC(C)(O)c1ccccc1. The van der Waals surface area contributed by atoms with Crippen LogP contribution in [-0.2, 0) is 5.60 Å². The molecule has 1 unspecified atom stereocenters. The van der Waals surface area contributed by atoms with Crippen molar-refractivity contribution in [3.05, 3.63) is 35.9 Å². The molecule has 0 amide bonds. The first-order valence-electron chi connectivity index (χ1n) is 7.38. The number of hydrogen-bond acceptors (Lipinski definition) is 2. The van der Waals surface area contributed by atoms with Gasteiger partial charge in [0.15, 0.2) is 5.96 Å². The Morgan fingerprint density at radius 3 is 2.60 bits per heavy atom. The molecule has 0 aliphatic heterocycles. The second kappa shape index (κ2) is 8.59. The van der Waals surface area contributed by atoms with Crippen LogP contribution in [-0.4, -0.2) is 24.2 Å². The van der Waals surface area contributed by atoms with Crippen LogP contribution in [0.4, 0.5) is 0 Å². The molecule has 1 aromatic carbocycles. The molecular weight excluding hydrogens is 250 g/mol. The number of benzene rings is 1. The van der Waals surface area contributed by atoms with E-state index in [2.05, 4.69) is 17.2 Å². The Kier molecular flexibility index (Phi) is 7.09. The minimum absolute atomic E-state index is 0.255. The zero-order valence-electron chi connectivity index (χ0n) is 12.6. The predicted octanol–water partition coefficient (Wildman–Crippen LogP) is 2.38. The number of nitrogens with one attached hydrogen (secondary N) is 1. The summed E-state index contributed by atoms with van der Waals surface area (Å²) < 4.78 is 0. The van der Waals surface area contributed by atoms with Crippen LogP contribution < -0.4 is 11.1 Å². The van der Waals surface area contributed by atoms with Crippen LogP contribution in [0.3, 0.4) is 0 Å². The van der Waals surface area contributed by atoms with Gasteiger partial charge in [-0.2, -0.15) is 0 Å². The maximum absolute atomic E-state index is 10.4. The first-order chi connectivity index (χ1) is 9.56. The molecule has 4 heteroatoms. The highest BCUT2D eigenvalue weighted by atomic mass is 16.3. The Hall–Kier alpha value is -1.55. The molecule has 0 aliphatic carbocycles. The van der Waals surface area contributed by atoms with Crippen LogP contribution in [0.25, 0.3) is 0 Å². The van der Waals surface area contributed by atoms with Gasteiger partial charge >= 0.3 is 0 Å². The Bertz CT molecular complexity index is 401. The van der Waals surface area contributed by atoms with Crippen LogP contribution in [0, 0.1) is 0 Å². The molecule has 1 aromatic rings. The summed E-state index contributed by atoms with van der Waals surface area (Å²) in [4.78, 5) is 4.22. The normalized spacial score (nSPS) is 14.8. The van der Waals surface area contributed by atoms with Gasteiger partial charge in [-0.1, -0.05) is 56.5 Å². The quantitative estimate of drug-likeness (QED) is 0.388. The number of rotatable bonds is 8. The van der Waals surface area contributed by atoms with E-state index in [0.29, 0.717) is 5.96 Å². The van der Waals surface area contributed by atoms with Crippen molar-refractivity contribution in [2.45, 2.75) is 45.1 Å². The van der Waals surface area contributed by atoms with E-state index in [-0.39, 0.29) is 6.54 Å². The van der Waals surface area contributed by atoms with E-state index < -0.39 is 5.60 Å². The summed E-state index contributed by atoms with van der Waals surface area (Å²) in [7, 11) is 0. The van der Waals surface area contributed by atoms with Crippen LogP contribution in [0.5, 0.6) is 0 Å². The average molecular weight is 277 g/mol. The molecule has 0 fully saturated rings. The third kappa shape index (κ3) is 6.06. The lowest BCUT2D eigenvalue weighted by atomic mass is 9.96. The molecule has 0 saturated heterocycles. The number of aliphatic imine (C=N–C) groups is 1. The van der Waals surface area contributed by atoms with E-state index in [1.54, 1.807) is 6.92 Å². The summed E-state index contributed by atoms with van der Waals surface area (Å²) in [6.07, 6.45) is 4.78. The van der Waals surface area contributed by atoms with Gasteiger partial charge in [-0.25, -0.2) is 0 Å². The van der Waals surface area contributed by atoms with Crippen molar-refractivity contribution >= 4 is 5.96 Å². The molecule has 112 valence electrons. The monoisotopic (exact) mass is 277 g/mol. The standard InChI is InChI=1S/C16H27N3O/c1-3-4-5-9-12-18-15(17)19-13-16(2,20)14-10-7-6-8-11-14/h6-8,10-11,20H,3-5,9,12-13H2,1-2H3,(H3,17,18,19). The minimum Gasteiger partial charge on any atom is -0.384 e. The molecule has 0 radical (unpaired) electrons. The summed E-state index contributed by atoms with van der Waals surface area (Å²) in [5, 5.41) is 13.5. The molecule has 1 rings (SSSR count). The first kappa shape index (κ1) is 16.5. The summed E-state index contributed by atoms with van der Waals surface area (Å²) in [6, 6.07) is 9.52. The molecule has 4 nitrogen and oxygen atoms in total. The van der Waals surface area contributed by atoms with Gasteiger partial charge in [0.2, 0.25) is 0 Å². The first-order valence-corrected chi connectivity index (χ1v) is 7.38. The number of nitrogens with two attached hydrogens (primary N) is 1. The van der Waals surface area contributed by atoms with Gasteiger partial charge in [-0.15, -0.1) is 0 Å². The summed E-state index contributed by atoms with van der Waals surface area (Å²) >= 11 is 0. The highest BCUT2D eigenvalue weighted by Crippen LogP contribution is 2.20. The third-order valence-electron chi connectivity index (χ3n) is 3.29. The van der Waals surface area contributed by atoms with Gasteiger partial charge in [0.1, 0.15) is 5.60 Å². The van der Waals surface area contributed by atoms with E-state index >= 15 is 0 Å². The van der Waals surface area contributed by atoms with E-state index in [1.165, 1.54) is 19.3 Å². The van der Waals surface area contributed by atoms with Crippen LogP contribution in [0.1, 0.15) is 45.1 Å². The molecule has 0 aliphatic rings. The number of unbranched alkanes of at least 4 members (excludes halogenated alkanes) is 3. The molecule has 1 atom stereocenters. The molecule has 0 aromatic heterocycles. The third-order valence-corrected chi connectivity index (χ3v) is 3.29. The topological polar surface area (TPSA) is 70.6 Å². The predicted molar refractivity (Wildman–Crippen MR) is 84.6 cm³/mol. The van der Waals surface area contributed by atoms with Crippen molar-refractivity contribution in [1.29, 1.82) is 0 Å². The number of guanidine groups is 1. The fraction of sp³-hybridized carbons (Fsp3) is 0.562. The smallest absolute Gasteiger partial charge is 0.188 e. The van der Waals surface area contributed by atoms with Gasteiger partial charge in [0.25, 0.3) is 0 Å². The van der Waals surface area contributed by atoms with Crippen LogP contribution in [0.2, 0.25) is 0 Å². The highest BCUT2D eigenvalue weighted by molar-refractivity contribution is 5.77. The Morgan fingerprint density at radius 2 is 1.95 bits per heavy atom. The minimum atomic E-state index is -0.990. The second-order valence-corrected chi connectivity index (χ2v) is 5.33. The molecule has 20 heavy (non-hydrogen) atoms.